The maximum atomic E-state index is 15.0. The smallest absolute Gasteiger partial charge is 0.404 e. The Morgan fingerprint density at radius 3 is 2.40 bits per heavy atom. The number of halogens is 6. The Bertz CT molecular complexity index is 1460. The zero-order chi connectivity index (χ0) is 30.2. The maximum Gasteiger partial charge on any atom is 0.404 e. The van der Waals surface area contributed by atoms with Gasteiger partial charge < -0.3 is 25.7 Å². The Labute approximate surface area is 236 Å². The summed E-state index contributed by atoms with van der Waals surface area (Å²) >= 11 is 0. The van der Waals surface area contributed by atoms with Gasteiger partial charge in [0.15, 0.2) is 0 Å². The molecule has 2 atom stereocenters. The highest BCUT2D eigenvalue weighted by atomic mass is 19.4. The van der Waals surface area contributed by atoms with Crippen molar-refractivity contribution in [1.82, 2.24) is 15.3 Å². The number of aromatic nitrogens is 2. The highest BCUT2D eigenvalue weighted by Gasteiger charge is 2.45. The molecule has 0 unspecified atom stereocenters. The lowest BCUT2D eigenvalue weighted by Gasteiger charge is -2.40. The first-order chi connectivity index (χ1) is 19.8. The van der Waals surface area contributed by atoms with Gasteiger partial charge in [-0.05, 0) is 61.6 Å². The molecule has 3 heterocycles. The lowest BCUT2D eigenvalue weighted by Crippen LogP contribution is -2.53. The molecule has 8 nitrogen and oxygen atoms in total. The monoisotopic (exact) mass is 595 g/mol. The molecule has 1 amide bonds. The molecule has 0 spiro atoms. The van der Waals surface area contributed by atoms with Gasteiger partial charge in [-0.2, -0.15) is 13.2 Å². The summed E-state index contributed by atoms with van der Waals surface area (Å²) in [5, 5.41) is 24.7. The van der Waals surface area contributed by atoms with Crippen molar-refractivity contribution in [3.05, 3.63) is 71.4 Å². The fourth-order valence-corrected chi connectivity index (χ4v) is 5.42. The predicted octanol–water partition coefficient (Wildman–Crippen LogP) is 5.57. The predicted molar refractivity (Wildman–Crippen MR) is 140 cm³/mol. The summed E-state index contributed by atoms with van der Waals surface area (Å²) in [7, 11) is 0. The number of hydrogen-bond donors (Lipinski definition) is 4. The van der Waals surface area contributed by atoms with Crippen LogP contribution in [0.2, 0.25) is 0 Å². The number of carbonyl (C=O) groups is 1. The van der Waals surface area contributed by atoms with Gasteiger partial charge in [-0.25, -0.2) is 22.9 Å². The number of pyridine rings is 2. The van der Waals surface area contributed by atoms with Gasteiger partial charge in [0.2, 0.25) is 0 Å². The van der Waals surface area contributed by atoms with Crippen molar-refractivity contribution in [1.29, 1.82) is 0 Å². The normalized spacial score (nSPS) is 20.1. The van der Waals surface area contributed by atoms with Gasteiger partial charge in [-0.15, -0.1) is 0 Å². The number of aliphatic hydroxyl groups is 1. The second-order valence-corrected chi connectivity index (χ2v) is 10.6. The third-order valence-corrected chi connectivity index (χ3v) is 7.74. The third kappa shape index (κ3) is 6.08. The van der Waals surface area contributed by atoms with Gasteiger partial charge in [-0.1, -0.05) is 0 Å². The summed E-state index contributed by atoms with van der Waals surface area (Å²) < 4.78 is 85.7. The van der Waals surface area contributed by atoms with Crippen LogP contribution in [0, 0.1) is 23.4 Å². The number of rotatable bonds is 7. The van der Waals surface area contributed by atoms with Gasteiger partial charge in [0.05, 0.1) is 52.9 Å². The number of benzene rings is 1. The number of alkyl halides is 3. The Morgan fingerprint density at radius 2 is 1.79 bits per heavy atom. The van der Waals surface area contributed by atoms with Crippen LogP contribution in [0.15, 0.2) is 42.7 Å². The van der Waals surface area contributed by atoms with Crippen LogP contribution < -0.4 is 15.5 Å². The van der Waals surface area contributed by atoms with E-state index in [1.165, 1.54) is 29.4 Å². The highest BCUT2D eigenvalue weighted by molar-refractivity contribution is 5.70. The Hall–Kier alpha value is -4.07. The van der Waals surface area contributed by atoms with Crippen LogP contribution in [0.5, 0.6) is 0 Å². The summed E-state index contributed by atoms with van der Waals surface area (Å²) in [6, 6.07) is 4.74. The lowest BCUT2D eigenvalue weighted by molar-refractivity contribution is -0.177. The zero-order valence-electron chi connectivity index (χ0n) is 22.1. The first-order valence-corrected chi connectivity index (χ1v) is 13.2. The quantitative estimate of drug-likeness (QED) is 0.265. The first kappa shape index (κ1) is 29.4. The molecular formula is C28H27F6N5O3. The van der Waals surface area contributed by atoms with E-state index in [9.17, 15) is 27.5 Å². The molecule has 224 valence electrons. The van der Waals surface area contributed by atoms with E-state index in [-0.39, 0.29) is 30.0 Å². The van der Waals surface area contributed by atoms with E-state index in [2.05, 4.69) is 20.6 Å². The van der Waals surface area contributed by atoms with E-state index < -0.39 is 71.5 Å². The molecule has 2 aliphatic rings. The van der Waals surface area contributed by atoms with E-state index in [0.717, 1.165) is 18.2 Å². The Balaban J connectivity index is 1.38. The number of hydrogen-bond acceptors (Lipinski definition) is 6. The van der Waals surface area contributed by atoms with Crippen molar-refractivity contribution in [3.63, 3.8) is 0 Å². The number of anilines is 2. The molecule has 1 aromatic carbocycles. The van der Waals surface area contributed by atoms with Crippen LogP contribution in [-0.4, -0.2) is 51.6 Å². The molecule has 1 aliphatic carbocycles. The standard InChI is InChI=1S/C28H27F6N5O3/c29-19-3-2-17(37-25(19)24-20(30)9-15(10-21(24)31)27(42)5-1-6-27)11-36-22-12-35-7-4-23(22)39-13-16(28(32,33)34)8-18(14-39)38-26(40)41/h2-4,7,9-10,12,16,18,36,38,42H,1,5-6,8,11,13-14H2,(H,40,41)/t16-,18+/m1/s1. The molecule has 3 aromatic rings. The number of piperidine rings is 1. The molecule has 2 fully saturated rings. The number of nitrogens with one attached hydrogen (secondary N) is 2. The van der Waals surface area contributed by atoms with Crippen molar-refractivity contribution in [2.75, 3.05) is 23.3 Å². The van der Waals surface area contributed by atoms with Crippen molar-refractivity contribution in [2.45, 2.75) is 50.0 Å². The number of nitrogens with zero attached hydrogens (tertiary/aromatic N) is 3. The minimum atomic E-state index is -4.55. The summed E-state index contributed by atoms with van der Waals surface area (Å²) in [4.78, 5) is 20.6. The maximum absolute atomic E-state index is 15.0. The second-order valence-electron chi connectivity index (χ2n) is 10.6. The summed E-state index contributed by atoms with van der Waals surface area (Å²) in [5.74, 6) is -4.92. The average molecular weight is 596 g/mol. The summed E-state index contributed by atoms with van der Waals surface area (Å²) in [5.41, 5.74) is -1.74. The molecule has 1 aliphatic heterocycles. The molecule has 1 saturated heterocycles. The minimum Gasteiger partial charge on any atom is -0.465 e. The van der Waals surface area contributed by atoms with Crippen molar-refractivity contribution in [2.24, 2.45) is 5.92 Å². The largest absolute Gasteiger partial charge is 0.465 e. The van der Waals surface area contributed by atoms with Gasteiger partial charge in [0.25, 0.3) is 0 Å². The van der Waals surface area contributed by atoms with E-state index >= 15 is 8.78 Å². The third-order valence-electron chi connectivity index (χ3n) is 7.74. The molecular weight excluding hydrogens is 568 g/mol. The van der Waals surface area contributed by atoms with E-state index in [0.29, 0.717) is 24.9 Å². The van der Waals surface area contributed by atoms with Gasteiger partial charge in [-0.3, -0.25) is 4.98 Å². The molecule has 2 aromatic heterocycles. The topological polar surface area (TPSA) is 111 Å². The molecule has 14 heteroatoms. The van der Waals surface area contributed by atoms with Crippen molar-refractivity contribution < 1.29 is 41.4 Å². The molecule has 4 N–H and O–H groups in total. The molecule has 42 heavy (non-hydrogen) atoms. The van der Waals surface area contributed by atoms with Gasteiger partial charge >= 0.3 is 12.3 Å². The number of carboxylic acid groups (broad SMARTS) is 1. The van der Waals surface area contributed by atoms with E-state index in [1.807, 2.05) is 0 Å². The van der Waals surface area contributed by atoms with Crippen LogP contribution in [0.4, 0.5) is 42.5 Å². The molecule has 0 bridgehead atoms. The van der Waals surface area contributed by atoms with Crippen LogP contribution in [0.25, 0.3) is 11.3 Å². The van der Waals surface area contributed by atoms with Crippen LogP contribution in [-0.2, 0) is 12.1 Å². The number of amides is 1. The SMILES string of the molecule is O=C(O)N[C@H]1C[C@@H](C(F)(F)F)CN(c2ccncc2NCc2ccc(F)c(-c3c(F)cc(C4(O)CCC4)cc3F)n2)C1. The zero-order valence-corrected chi connectivity index (χ0v) is 22.1. The molecule has 0 radical (unpaired) electrons. The van der Waals surface area contributed by atoms with Crippen molar-refractivity contribution in [3.8, 4) is 11.3 Å². The fourth-order valence-electron chi connectivity index (χ4n) is 5.42. The lowest BCUT2D eigenvalue weighted by atomic mass is 9.75. The van der Waals surface area contributed by atoms with Crippen LogP contribution in [0.3, 0.4) is 0 Å². The minimum absolute atomic E-state index is 0.0276. The Morgan fingerprint density at radius 1 is 1.07 bits per heavy atom. The summed E-state index contributed by atoms with van der Waals surface area (Å²) in [6.07, 6.45) is -2.22. The van der Waals surface area contributed by atoms with E-state index in [1.54, 1.807) is 0 Å². The molecule has 1 saturated carbocycles. The first-order valence-electron chi connectivity index (χ1n) is 13.2. The highest BCUT2D eigenvalue weighted by Crippen LogP contribution is 2.43. The van der Waals surface area contributed by atoms with Crippen molar-refractivity contribution >= 4 is 17.5 Å². The van der Waals surface area contributed by atoms with Crippen LogP contribution >= 0.6 is 0 Å². The van der Waals surface area contributed by atoms with Gasteiger partial charge in [0, 0.05) is 19.3 Å². The second kappa shape index (κ2) is 11.3. The van der Waals surface area contributed by atoms with Gasteiger partial charge in [0.1, 0.15) is 23.1 Å². The Kier molecular flexibility index (Phi) is 7.92. The fraction of sp³-hybridized carbons (Fsp3) is 0.393. The summed E-state index contributed by atoms with van der Waals surface area (Å²) in [6.45, 7) is -0.552. The average Bonchev–Trinajstić information content (AvgIpc) is 2.90. The van der Waals surface area contributed by atoms with E-state index in [4.69, 9.17) is 5.11 Å². The molecule has 5 rings (SSSR count). The van der Waals surface area contributed by atoms with Crippen LogP contribution in [0.1, 0.15) is 36.9 Å².